The van der Waals surface area contributed by atoms with Gasteiger partial charge in [-0.15, -0.1) is 0 Å². The third-order valence-electron chi connectivity index (χ3n) is 4.52. The summed E-state index contributed by atoms with van der Waals surface area (Å²) in [6, 6.07) is 16.3. The van der Waals surface area contributed by atoms with Crippen molar-refractivity contribution in [3.63, 3.8) is 0 Å². The maximum atomic E-state index is 5.50. The molecule has 31 heavy (non-hydrogen) atoms. The van der Waals surface area contributed by atoms with Crippen LogP contribution < -0.4 is 15.4 Å². The predicted molar refractivity (Wildman–Crippen MR) is 118 cm³/mol. The van der Waals surface area contributed by atoms with Crippen LogP contribution in [-0.4, -0.2) is 26.5 Å². The molecule has 0 spiro atoms. The summed E-state index contributed by atoms with van der Waals surface area (Å²) in [5.74, 6) is 1.60. The molecule has 0 amide bonds. The van der Waals surface area contributed by atoms with E-state index in [4.69, 9.17) is 9.15 Å². The molecule has 3 aromatic heterocycles. The average molecular weight is 416 g/mol. The molecule has 0 saturated heterocycles. The van der Waals surface area contributed by atoms with Gasteiger partial charge in [-0.1, -0.05) is 12.1 Å². The zero-order valence-electron chi connectivity index (χ0n) is 17.3. The van der Waals surface area contributed by atoms with Crippen LogP contribution in [0.15, 0.2) is 71.6 Å². The van der Waals surface area contributed by atoms with Crippen LogP contribution in [0.2, 0.25) is 0 Å². The third kappa shape index (κ3) is 6.02. The van der Waals surface area contributed by atoms with Gasteiger partial charge in [0.2, 0.25) is 11.9 Å². The molecule has 0 unspecified atom stereocenters. The van der Waals surface area contributed by atoms with Crippen molar-refractivity contribution in [1.29, 1.82) is 0 Å². The quantitative estimate of drug-likeness (QED) is 0.393. The second-order valence-electron chi connectivity index (χ2n) is 6.81. The number of rotatable bonds is 10. The fraction of sp³-hybridized carbons (Fsp3) is 0.217. The van der Waals surface area contributed by atoms with Gasteiger partial charge in [0.1, 0.15) is 5.76 Å². The third-order valence-corrected chi connectivity index (χ3v) is 4.52. The van der Waals surface area contributed by atoms with E-state index in [0.717, 1.165) is 24.3 Å². The first-order chi connectivity index (χ1) is 15.3. The number of nitrogens with one attached hydrogen (secondary N) is 2. The Bertz CT molecular complexity index is 1090. The van der Waals surface area contributed by atoms with Crippen LogP contribution in [-0.2, 0) is 19.4 Å². The Balaban J connectivity index is 1.45. The number of aryl methyl sites for hydroxylation is 2. The number of ether oxygens (including phenoxy) is 1. The SMILES string of the molecule is CCOc1nc(NCc2ccco2)nc(Nc2cccc(CCc3ccncc3)c2)n1. The van der Waals surface area contributed by atoms with Crippen molar-refractivity contribution < 1.29 is 9.15 Å². The lowest BCUT2D eigenvalue weighted by Crippen LogP contribution is -2.09. The van der Waals surface area contributed by atoms with E-state index in [0.29, 0.717) is 25.0 Å². The van der Waals surface area contributed by atoms with Crippen molar-refractivity contribution in [3.05, 3.63) is 84.1 Å². The average Bonchev–Trinajstić information content (AvgIpc) is 3.31. The molecular weight excluding hydrogens is 392 g/mol. The monoisotopic (exact) mass is 416 g/mol. The largest absolute Gasteiger partial charge is 0.467 e. The highest BCUT2D eigenvalue weighted by molar-refractivity contribution is 5.55. The summed E-state index contributed by atoms with van der Waals surface area (Å²) in [6.45, 7) is 2.82. The summed E-state index contributed by atoms with van der Waals surface area (Å²) in [6.07, 6.45) is 7.15. The van der Waals surface area contributed by atoms with Crippen LogP contribution in [0.5, 0.6) is 6.01 Å². The van der Waals surface area contributed by atoms with E-state index in [2.05, 4.69) is 42.7 Å². The summed E-state index contributed by atoms with van der Waals surface area (Å²) in [5.41, 5.74) is 3.38. The first-order valence-electron chi connectivity index (χ1n) is 10.2. The first-order valence-corrected chi connectivity index (χ1v) is 10.2. The molecule has 0 aliphatic rings. The number of anilines is 3. The van der Waals surface area contributed by atoms with Gasteiger partial charge in [0, 0.05) is 18.1 Å². The number of benzene rings is 1. The Morgan fingerprint density at radius 1 is 0.903 bits per heavy atom. The summed E-state index contributed by atoms with van der Waals surface area (Å²) in [7, 11) is 0. The summed E-state index contributed by atoms with van der Waals surface area (Å²) < 4.78 is 10.8. The fourth-order valence-electron chi connectivity index (χ4n) is 3.04. The molecule has 0 aliphatic heterocycles. The highest BCUT2D eigenvalue weighted by Gasteiger charge is 2.09. The van der Waals surface area contributed by atoms with E-state index in [1.807, 2.05) is 55.7 Å². The lowest BCUT2D eigenvalue weighted by molar-refractivity contribution is 0.312. The highest BCUT2D eigenvalue weighted by Crippen LogP contribution is 2.19. The minimum Gasteiger partial charge on any atom is -0.467 e. The second kappa shape index (κ2) is 10.2. The number of pyridine rings is 1. The minimum atomic E-state index is 0.260. The van der Waals surface area contributed by atoms with Crippen molar-refractivity contribution in [2.45, 2.75) is 26.3 Å². The number of hydrogen-bond donors (Lipinski definition) is 2. The maximum Gasteiger partial charge on any atom is 0.323 e. The Kier molecular flexibility index (Phi) is 6.69. The van der Waals surface area contributed by atoms with Gasteiger partial charge < -0.3 is 19.8 Å². The number of aromatic nitrogens is 4. The normalized spacial score (nSPS) is 10.6. The Morgan fingerprint density at radius 2 is 1.74 bits per heavy atom. The second-order valence-corrected chi connectivity index (χ2v) is 6.81. The van der Waals surface area contributed by atoms with E-state index in [9.17, 15) is 0 Å². The topological polar surface area (TPSA) is 98.0 Å². The van der Waals surface area contributed by atoms with Crippen LogP contribution in [0.1, 0.15) is 23.8 Å². The smallest absolute Gasteiger partial charge is 0.323 e. The zero-order chi connectivity index (χ0) is 21.3. The maximum absolute atomic E-state index is 5.50. The molecule has 0 radical (unpaired) electrons. The van der Waals surface area contributed by atoms with Gasteiger partial charge in [-0.05, 0) is 67.3 Å². The molecule has 8 heteroatoms. The van der Waals surface area contributed by atoms with Gasteiger partial charge in [-0.2, -0.15) is 15.0 Å². The lowest BCUT2D eigenvalue weighted by atomic mass is 10.1. The molecule has 158 valence electrons. The molecule has 8 nitrogen and oxygen atoms in total. The Hall–Kier alpha value is -3.94. The molecule has 0 atom stereocenters. The van der Waals surface area contributed by atoms with Crippen molar-refractivity contribution in [3.8, 4) is 6.01 Å². The number of nitrogens with zero attached hydrogens (tertiary/aromatic N) is 4. The van der Waals surface area contributed by atoms with E-state index >= 15 is 0 Å². The van der Waals surface area contributed by atoms with Gasteiger partial charge in [-0.3, -0.25) is 4.98 Å². The molecule has 3 heterocycles. The highest BCUT2D eigenvalue weighted by atomic mass is 16.5. The molecule has 4 aromatic rings. The molecule has 0 bridgehead atoms. The van der Waals surface area contributed by atoms with Gasteiger partial charge >= 0.3 is 6.01 Å². The van der Waals surface area contributed by atoms with Crippen LogP contribution in [0, 0.1) is 0 Å². The van der Waals surface area contributed by atoms with Crippen molar-refractivity contribution in [2.24, 2.45) is 0 Å². The molecule has 0 saturated carbocycles. The molecule has 4 rings (SSSR count). The Labute approximate surface area is 180 Å². The van der Waals surface area contributed by atoms with Crippen LogP contribution in [0.25, 0.3) is 0 Å². The summed E-state index contributed by atoms with van der Waals surface area (Å²) in [4.78, 5) is 17.2. The predicted octanol–water partition coefficient (Wildman–Crippen LogP) is 4.40. The summed E-state index contributed by atoms with van der Waals surface area (Å²) in [5, 5.41) is 6.40. The van der Waals surface area contributed by atoms with Crippen molar-refractivity contribution >= 4 is 17.6 Å². The van der Waals surface area contributed by atoms with E-state index < -0.39 is 0 Å². The lowest BCUT2D eigenvalue weighted by Gasteiger charge is -2.11. The van der Waals surface area contributed by atoms with Crippen LogP contribution in [0.4, 0.5) is 17.6 Å². The van der Waals surface area contributed by atoms with E-state index in [1.165, 1.54) is 11.1 Å². The standard InChI is InChI=1S/C23H24N6O2/c1-2-30-23-28-21(25-16-20-7-4-14-31-20)27-22(29-23)26-19-6-3-5-18(15-19)9-8-17-10-12-24-13-11-17/h3-7,10-15H,2,8-9,16H2,1H3,(H2,25,26,27,28,29). The van der Waals surface area contributed by atoms with Crippen LogP contribution >= 0.6 is 0 Å². The van der Waals surface area contributed by atoms with Gasteiger partial charge in [0.25, 0.3) is 0 Å². The van der Waals surface area contributed by atoms with Crippen molar-refractivity contribution in [1.82, 2.24) is 19.9 Å². The van der Waals surface area contributed by atoms with E-state index in [1.54, 1.807) is 6.26 Å². The molecule has 0 aliphatic carbocycles. The van der Waals surface area contributed by atoms with Crippen LogP contribution in [0.3, 0.4) is 0 Å². The molecular formula is C23H24N6O2. The number of furan rings is 1. The minimum absolute atomic E-state index is 0.260. The molecule has 1 aromatic carbocycles. The van der Waals surface area contributed by atoms with Crippen molar-refractivity contribution in [2.75, 3.05) is 17.2 Å². The van der Waals surface area contributed by atoms with Gasteiger partial charge in [0.15, 0.2) is 0 Å². The fourth-order valence-corrected chi connectivity index (χ4v) is 3.04. The zero-order valence-corrected chi connectivity index (χ0v) is 17.3. The first kappa shape index (κ1) is 20.3. The number of hydrogen-bond acceptors (Lipinski definition) is 8. The molecule has 0 fully saturated rings. The molecule has 2 N–H and O–H groups in total. The Morgan fingerprint density at radius 3 is 2.55 bits per heavy atom. The summed E-state index contributed by atoms with van der Waals surface area (Å²) >= 11 is 0. The van der Waals surface area contributed by atoms with E-state index in [-0.39, 0.29) is 6.01 Å². The van der Waals surface area contributed by atoms with Gasteiger partial charge in [-0.25, -0.2) is 0 Å². The van der Waals surface area contributed by atoms with Gasteiger partial charge in [0.05, 0.1) is 19.4 Å².